The molecule has 1 aromatic rings. The molecule has 1 saturated carbocycles. The second kappa shape index (κ2) is 5.79. The lowest BCUT2D eigenvalue weighted by Crippen LogP contribution is -2.33. The van der Waals surface area contributed by atoms with Crippen LogP contribution in [0.5, 0.6) is 0 Å². The third-order valence-electron chi connectivity index (χ3n) is 4.40. The summed E-state index contributed by atoms with van der Waals surface area (Å²) in [6.07, 6.45) is 6.34. The van der Waals surface area contributed by atoms with E-state index in [-0.39, 0.29) is 11.7 Å². The van der Waals surface area contributed by atoms with E-state index in [4.69, 9.17) is 0 Å². The van der Waals surface area contributed by atoms with Crippen LogP contribution in [0, 0.1) is 0 Å². The summed E-state index contributed by atoms with van der Waals surface area (Å²) in [6.45, 7) is 0. The van der Waals surface area contributed by atoms with Crippen molar-refractivity contribution >= 4 is 15.7 Å². The SMILES string of the molecule is O=C(Cc1ccc2c(c1)CCCS2(=O)=O)NC1CCCC1. The fraction of sp³-hybridized carbons (Fsp3) is 0.562. The van der Waals surface area contributed by atoms with Crippen molar-refractivity contribution in [2.75, 3.05) is 5.75 Å². The normalized spacial score (nSPS) is 21.0. The maximum absolute atomic E-state index is 12.0. The van der Waals surface area contributed by atoms with Crippen LogP contribution in [0.15, 0.2) is 23.1 Å². The summed E-state index contributed by atoms with van der Waals surface area (Å²) in [7, 11) is -3.11. The molecule has 1 fully saturated rings. The van der Waals surface area contributed by atoms with Gasteiger partial charge in [-0.1, -0.05) is 25.0 Å². The maximum Gasteiger partial charge on any atom is 0.224 e. The molecule has 1 aromatic carbocycles. The molecule has 1 heterocycles. The Morgan fingerprint density at radius 1 is 1.19 bits per heavy atom. The zero-order chi connectivity index (χ0) is 14.9. The second-order valence-electron chi connectivity index (χ2n) is 6.09. The van der Waals surface area contributed by atoms with Gasteiger partial charge in [0.2, 0.25) is 5.91 Å². The molecule has 0 aromatic heterocycles. The van der Waals surface area contributed by atoms with Crippen LogP contribution in [0.3, 0.4) is 0 Å². The Morgan fingerprint density at radius 3 is 2.71 bits per heavy atom. The lowest BCUT2D eigenvalue weighted by atomic mass is 10.0. The Balaban J connectivity index is 1.70. The predicted octanol–water partition coefficient (Wildman–Crippen LogP) is 2.01. The Hall–Kier alpha value is -1.36. The standard InChI is InChI=1S/C16H21NO3S/c18-16(17-14-5-1-2-6-14)11-12-7-8-15-13(10-12)4-3-9-21(15,19)20/h7-8,10,14H,1-6,9,11H2,(H,17,18). The molecule has 4 nitrogen and oxygen atoms in total. The fourth-order valence-corrected chi connectivity index (χ4v) is 4.92. The van der Waals surface area contributed by atoms with Crippen molar-refractivity contribution < 1.29 is 13.2 Å². The van der Waals surface area contributed by atoms with Crippen LogP contribution in [0.4, 0.5) is 0 Å². The van der Waals surface area contributed by atoms with Gasteiger partial charge in [0, 0.05) is 6.04 Å². The molecule has 1 amide bonds. The molecule has 0 radical (unpaired) electrons. The summed E-state index contributed by atoms with van der Waals surface area (Å²) in [5, 5.41) is 3.07. The molecule has 0 saturated heterocycles. The number of hydrogen-bond acceptors (Lipinski definition) is 3. The number of carbonyl (C=O) groups excluding carboxylic acids is 1. The van der Waals surface area contributed by atoms with Gasteiger partial charge >= 0.3 is 0 Å². The lowest BCUT2D eigenvalue weighted by molar-refractivity contribution is -0.121. The average Bonchev–Trinajstić information content (AvgIpc) is 2.90. The first-order valence-corrected chi connectivity index (χ1v) is 9.34. The van der Waals surface area contributed by atoms with Gasteiger partial charge in [-0.15, -0.1) is 0 Å². The smallest absolute Gasteiger partial charge is 0.224 e. The van der Waals surface area contributed by atoms with Crippen LogP contribution in [0.25, 0.3) is 0 Å². The van der Waals surface area contributed by atoms with Gasteiger partial charge in [0.15, 0.2) is 9.84 Å². The van der Waals surface area contributed by atoms with Crippen molar-refractivity contribution in [1.29, 1.82) is 0 Å². The van der Waals surface area contributed by atoms with Gasteiger partial charge in [0.1, 0.15) is 0 Å². The Bertz CT molecular complexity index is 645. The minimum absolute atomic E-state index is 0.0421. The van der Waals surface area contributed by atoms with Crippen LogP contribution in [0.2, 0.25) is 0 Å². The van der Waals surface area contributed by atoms with Gasteiger partial charge in [-0.2, -0.15) is 0 Å². The Kier molecular flexibility index (Phi) is 4.02. The first-order valence-electron chi connectivity index (χ1n) is 7.68. The summed E-state index contributed by atoms with van der Waals surface area (Å²) in [5.41, 5.74) is 1.77. The van der Waals surface area contributed by atoms with E-state index in [9.17, 15) is 13.2 Å². The van der Waals surface area contributed by atoms with Gasteiger partial charge in [-0.05, 0) is 42.9 Å². The van der Waals surface area contributed by atoms with Crippen LogP contribution in [-0.2, 0) is 27.5 Å². The summed E-state index contributed by atoms with van der Waals surface area (Å²) < 4.78 is 23.9. The number of rotatable bonds is 3. The number of fused-ring (bicyclic) bond motifs is 1. The summed E-state index contributed by atoms with van der Waals surface area (Å²) in [4.78, 5) is 12.5. The quantitative estimate of drug-likeness (QED) is 0.929. The maximum atomic E-state index is 12.0. The molecule has 5 heteroatoms. The highest BCUT2D eigenvalue weighted by Crippen LogP contribution is 2.26. The van der Waals surface area contributed by atoms with Crippen molar-refractivity contribution in [3.63, 3.8) is 0 Å². The van der Waals surface area contributed by atoms with E-state index in [2.05, 4.69) is 5.32 Å². The highest BCUT2D eigenvalue weighted by molar-refractivity contribution is 7.91. The van der Waals surface area contributed by atoms with E-state index in [0.717, 1.165) is 30.4 Å². The number of nitrogens with one attached hydrogen (secondary N) is 1. The zero-order valence-corrected chi connectivity index (χ0v) is 12.9. The van der Waals surface area contributed by atoms with Gasteiger partial charge in [-0.3, -0.25) is 4.79 Å². The Labute approximate surface area is 125 Å². The summed E-state index contributed by atoms with van der Waals surface area (Å²) in [5.74, 6) is 0.280. The van der Waals surface area contributed by atoms with Crippen molar-refractivity contribution in [3.8, 4) is 0 Å². The van der Waals surface area contributed by atoms with Crippen molar-refractivity contribution in [2.24, 2.45) is 0 Å². The van der Waals surface area contributed by atoms with Crippen LogP contribution in [0.1, 0.15) is 43.2 Å². The Morgan fingerprint density at radius 2 is 1.95 bits per heavy atom. The lowest BCUT2D eigenvalue weighted by Gasteiger charge is -2.17. The predicted molar refractivity (Wildman–Crippen MR) is 80.9 cm³/mol. The molecule has 21 heavy (non-hydrogen) atoms. The van der Waals surface area contributed by atoms with E-state index in [1.807, 2.05) is 6.07 Å². The minimum atomic E-state index is -3.11. The van der Waals surface area contributed by atoms with Gasteiger partial charge < -0.3 is 5.32 Å². The van der Waals surface area contributed by atoms with Crippen molar-refractivity contribution in [3.05, 3.63) is 29.3 Å². The molecule has 0 atom stereocenters. The monoisotopic (exact) mass is 307 g/mol. The number of hydrogen-bond donors (Lipinski definition) is 1. The molecule has 1 N–H and O–H groups in total. The largest absolute Gasteiger partial charge is 0.353 e. The number of sulfone groups is 1. The van der Waals surface area contributed by atoms with E-state index in [1.54, 1.807) is 12.1 Å². The molecule has 3 rings (SSSR count). The number of benzene rings is 1. The van der Waals surface area contributed by atoms with Crippen molar-refractivity contribution in [2.45, 2.75) is 55.9 Å². The molecule has 2 aliphatic rings. The number of carbonyl (C=O) groups is 1. The summed E-state index contributed by atoms with van der Waals surface area (Å²) >= 11 is 0. The molecular weight excluding hydrogens is 286 g/mol. The second-order valence-corrected chi connectivity index (χ2v) is 8.17. The van der Waals surface area contributed by atoms with E-state index < -0.39 is 9.84 Å². The zero-order valence-electron chi connectivity index (χ0n) is 12.1. The molecule has 0 spiro atoms. The molecular formula is C16H21NO3S. The van der Waals surface area contributed by atoms with Crippen LogP contribution < -0.4 is 5.32 Å². The van der Waals surface area contributed by atoms with Crippen molar-refractivity contribution in [1.82, 2.24) is 5.32 Å². The van der Waals surface area contributed by atoms with Gasteiger partial charge in [-0.25, -0.2) is 8.42 Å². The van der Waals surface area contributed by atoms with E-state index in [1.165, 1.54) is 12.8 Å². The first-order chi connectivity index (χ1) is 10.0. The molecule has 1 aliphatic heterocycles. The molecule has 1 aliphatic carbocycles. The molecule has 0 bridgehead atoms. The third kappa shape index (κ3) is 3.28. The van der Waals surface area contributed by atoms with E-state index >= 15 is 0 Å². The van der Waals surface area contributed by atoms with Gasteiger partial charge in [0.25, 0.3) is 0 Å². The van der Waals surface area contributed by atoms with Crippen LogP contribution >= 0.6 is 0 Å². The topological polar surface area (TPSA) is 63.2 Å². The van der Waals surface area contributed by atoms with E-state index in [0.29, 0.717) is 23.8 Å². The molecule has 0 unspecified atom stereocenters. The highest BCUT2D eigenvalue weighted by Gasteiger charge is 2.24. The number of amides is 1. The third-order valence-corrected chi connectivity index (χ3v) is 6.30. The highest BCUT2D eigenvalue weighted by atomic mass is 32.2. The van der Waals surface area contributed by atoms with Gasteiger partial charge in [0.05, 0.1) is 17.1 Å². The summed E-state index contributed by atoms with van der Waals surface area (Å²) in [6, 6.07) is 5.66. The molecule has 114 valence electrons. The first kappa shape index (κ1) is 14.6. The average molecular weight is 307 g/mol. The minimum Gasteiger partial charge on any atom is -0.353 e. The van der Waals surface area contributed by atoms with Crippen LogP contribution in [-0.4, -0.2) is 26.1 Å². The number of aryl methyl sites for hydroxylation is 1. The fourth-order valence-electron chi connectivity index (χ4n) is 3.34.